The summed E-state index contributed by atoms with van der Waals surface area (Å²) in [5.41, 5.74) is 3.47. The van der Waals surface area contributed by atoms with Crippen LogP contribution in [0.25, 0.3) is 0 Å². The summed E-state index contributed by atoms with van der Waals surface area (Å²) in [6, 6.07) is 11.4. The second-order valence-corrected chi connectivity index (χ2v) is 5.69. The van der Waals surface area contributed by atoms with Crippen molar-refractivity contribution >= 4 is 23.2 Å². The van der Waals surface area contributed by atoms with Crippen LogP contribution < -0.4 is 10.2 Å². The van der Waals surface area contributed by atoms with Gasteiger partial charge in [0.15, 0.2) is 0 Å². The Morgan fingerprint density at radius 1 is 1.08 bits per heavy atom. The fourth-order valence-corrected chi connectivity index (χ4v) is 2.40. The molecule has 0 aliphatic heterocycles. The van der Waals surface area contributed by atoms with E-state index in [-0.39, 0.29) is 30.6 Å². The molecule has 0 saturated carbocycles. The Morgan fingerprint density at radius 2 is 1.75 bits per heavy atom. The summed E-state index contributed by atoms with van der Waals surface area (Å²) >= 11 is 0. The van der Waals surface area contributed by atoms with Gasteiger partial charge in [0.25, 0.3) is 0 Å². The lowest BCUT2D eigenvalue weighted by molar-refractivity contribution is -0.117. The number of amides is 2. The molecule has 0 radical (unpaired) electrons. The number of hydrogen-bond acceptors (Lipinski definition) is 2. The molecule has 2 amide bonds. The minimum absolute atomic E-state index is 0.157. The number of nitrogens with one attached hydrogen (secondary N) is 1. The van der Waals surface area contributed by atoms with Crippen molar-refractivity contribution in [3.63, 3.8) is 0 Å². The molecule has 0 unspecified atom stereocenters. The molecule has 2 aromatic carbocycles. The van der Waals surface area contributed by atoms with Crippen molar-refractivity contribution in [2.45, 2.75) is 27.2 Å². The lowest BCUT2D eigenvalue weighted by atomic mass is 10.1. The van der Waals surface area contributed by atoms with Gasteiger partial charge in [0, 0.05) is 31.3 Å². The normalized spacial score (nSPS) is 10.3. The van der Waals surface area contributed by atoms with Gasteiger partial charge in [0.2, 0.25) is 11.8 Å². The van der Waals surface area contributed by atoms with Crippen molar-refractivity contribution in [1.82, 2.24) is 0 Å². The zero-order chi connectivity index (χ0) is 17.7. The topological polar surface area (TPSA) is 49.4 Å². The lowest BCUT2D eigenvalue weighted by Crippen LogP contribution is -2.32. The van der Waals surface area contributed by atoms with E-state index in [1.54, 1.807) is 0 Å². The van der Waals surface area contributed by atoms with E-state index in [9.17, 15) is 14.0 Å². The van der Waals surface area contributed by atoms with Crippen LogP contribution >= 0.6 is 0 Å². The maximum atomic E-state index is 13.0. The maximum Gasteiger partial charge on any atom is 0.226 e. The number of aryl methyl sites for hydroxylation is 1. The smallest absolute Gasteiger partial charge is 0.226 e. The predicted molar refractivity (Wildman–Crippen MR) is 93.6 cm³/mol. The van der Waals surface area contributed by atoms with Crippen molar-refractivity contribution in [2.75, 3.05) is 16.8 Å². The Balaban J connectivity index is 2.01. The van der Waals surface area contributed by atoms with Crippen LogP contribution in [0.2, 0.25) is 0 Å². The molecule has 0 atom stereocenters. The molecule has 4 nitrogen and oxygen atoms in total. The van der Waals surface area contributed by atoms with Gasteiger partial charge in [-0.1, -0.05) is 12.1 Å². The van der Waals surface area contributed by atoms with E-state index in [2.05, 4.69) is 5.32 Å². The van der Waals surface area contributed by atoms with E-state index in [1.165, 1.54) is 36.1 Å². The van der Waals surface area contributed by atoms with E-state index in [1.807, 2.05) is 32.0 Å². The summed E-state index contributed by atoms with van der Waals surface area (Å²) in [7, 11) is 0. The van der Waals surface area contributed by atoms with Gasteiger partial charge in [-0.05, 0) is 55.3 Å². The Hall–Kier alpha value is -2.69. The molecule has 1 N–H and O–H groups in total. The van der Waals surface area contributed by atoms with Gasteiger partial charge in [-0.3, -0.25) is 9.59 Å². The minimum atomic E-state index is -0.366. The van der Waals surface area contributed by atoms with E-state index in [4.69, 9.17) is 0 Å². The largest absolute Gasteiger partial charge is 0.326 e. The number of carbonyl (C=O) groups excluding carboxylic acids is 2. The summed E-state index contributed by atoms with van der Waals surface area (Å²) in [5, 5.41) is 2.87. The van der Waals surface area contributed by atoms with Crippen LogP contribution in [-0.4, -0.2) is 18.4 Å². The molecular formula is C19H21FN2O2. The highest BCUT2D eigenvalue weighted by atomic mass is 19.1. The Labute approximate surface area is 141 Å². The van der Waals surface area contributed by atoms with Gasteiger partial charge < -0.3 is 10.2 Å². The van der Waals surface area contributed by atoms with E-state index >= 15 is 0 Å². The van der Waals surface area contributed by atoms with Crippen LogP contribution in [0.15, 0.2) is 42.5 Å². The van der Waals surface area contributed by atoms with Gasteiger partial charge in [-0.15, -0.1) is 0 Å². The highest BCUT2D eigenvalue weighted by molar-refractivity contribution is 5.95. The minimum Gasteiger partial charge on any atom is -0.326 e. The third kappa shape index (κ3) is 4.41. The lowest BCUT2D eigenvalue weighted by Gasteiger charge is -2.21. The van der Waals surface area contributed by atoms with Gasteiger partial charge in [-0.2, -0.15) is 0 Å². The van der Waals surface area contributed by atoms with Crippen molar-refractivity contribution in [1.29, 1.82) is 0 Å². The predicted octanol–water partition coefficient (Wildman–Crippen LogP) is 3.82. The van der Waals surface area contributed by atoms with Crippen LogP contribution in [0, 0.1) is 19.7 Å². The molecule has 0 aromatic heterocycles. The van der Waals surface area contributed by atoms with Crippen LogP contribution in [-0.2, 0) is 9.59 Å². The Kier molecular flexibility index (Phi) is 5.68. The number of anilines is 2. The van der Waals surface area contributed by atoms with E-state index < -0.39 is 0 Å². The number of benzene rings is 2. The second-order valence-electron chi connectivity index (χ2n) is 5.69. The second kappa shape index (κ2) is 7.73. The third-order valence-corrected chi connectivity index (χ3v) is 3.96. The summed E-state index contributed by atoms with van der Waals surface area (Å²) in [6.45, 7) is 5.59. The zero-order valence-electron chi connectivity index (χ0n) is 14.1. The molecule has 24 heavy (non-hydrogen) atoms. The molecule has 2 aromatic rings. The van der Waals surface area contributed by atoms with Crippen LogP contribution in [0.3, 0.4) is 0 Å². The molecule has 2 rings (SSSR count). The fraction of sp³-hybridized carbons (Fsp3) is 0.263. The SMILES string of the molecule is CC(=O)N(CCC(=O)Nc1cccc(C)c1C)c1ccc(F)cc1. The quantitative estimate of drug-likeness (QED) is 0.907. The molecule has 0 bridgehead atoms. The number of hydrogen-bond donors (Lipinski definition) is 1. The Morgan fingerprint density at radius 3 is 2.38 bits per heavy atom. The summed E-state index contributed by atoms with van der Waals surface area (Å²) in [5.74, 6) is -0.729. The standard InChI is InChI=1S/C19H21FN2O2/c1-13-5-4-6-18(14(13)2)21-19(24)11-12-22(15(3)23)17-9-7-16(20)8-10-17/h4-10H,11-12H2,1-3H3,(H,21,24). The van der Waals surface area contributed by atoms with E-state index in [0.29, 0.717) is 5.69 Å². The zero-order valence-corrected chi connectivity index (χ0v) is 14.1. The molecule has 0 heterocycles. The van der Waals surface area contributed by atoms with Crippen LogP contribution in [0.5, 0.6) is 0 Å². The third-order valence-electron chi connectivity index (χ3n) is 3.96. The van der Waals surface area contributed by atoms with E-state index in [0.717, 1.165) is 16.8 Å². The van der Waals surface area contributed by atoms with Crippen molar-refractivity contribution < 1.29 is 14.0 Å². The maximum absolute atomic E-state index is 13.0. The molecule has 0 saturated heterocycles. The highest BCUT2D eigenvalue weighted by Gasteiger charge is 2.14. The monoisotopic (exact) mass is 328 g/mol. The first kappa shape index (κ1) is 17.7. The molecule has 0 fully saturated rings. The number of nitrogens with zero attached hydrogens (tertiary/aromatic N) is 1. The Bertz CT molecular complexity index is 742. The molecule has 5 heteroatoms. The van der Waals surface area contributed by atoms with Gasteiger partial charge in [0.05, 0.1) is 0 Å². The van der Waals surface area contributed by atoms with Crippen molar-refractivity contribution in [3.05, 3.63) is 59.4 Å². The highest BCUT2D eigenvalue weighted by Crippen LogP contribution is 2.19. The summed E-state index contributed by atoms with van der Waals surface area (Å²) in [6.07, 6.45) is 0.157. The summed E-state index contributed by atoms with van der Waals surface area (Å²) in [4.78, 5) is 25.4. The average Bonchev–Trinajstić information content (AvgIpc) is 2.53. The molecule has 126 valence electrons. The summed E-state index contributed by atoms with van der Waals surface area (Å²) < 4.78 is 13.0. The number of halogens is 1. The first-order valence-corrected chi connectivity index (χ1v) is 7.78. The van der Waals surface area contributed by atoms with Gasteiger partial charge >= 0.3 is 0 Å². The van der Waals surface area contributed by atoms with Crippen LogP contribution in [0.4, 0.5) is 15.8 Å². The van der Waals surface area contributed by atoms with Gasteiger partial charge in [0.1, 0.15) is 5.82 Å². The average molecular weight is 328 g/mol. The molecular weight excluding hydrogens is 307 g/mol. The fourth-order valence-electron chi connectivity index (χ4n) is 2.40. The number of rotatable bonds is 5. The molecule has 0 spiro atoms. The van der Waals surface area contributed by atoms with Crippen LogP contribution in [0.1, 0.15) is 24.5 Å². The first-order valence-electron chi connectivity index (χ1n) is 7.78. The van der Waals surface area contributed by atoms with Crippen molar-refractivity contribution in [3.8, 4) is 0 Å². The number of carbonyl (C=O) groups is 2. The molecule has 0 aliphatic carbocycles. The first-order chi connectivity index (χ1) is 11.4. The van der Waals surface area contributed by atoms with Crippen molar-refractivity contribution in [2.24, 2.45) is 0 Å². The van der Waals surface area contributed by atoms with Gasteiger partial charge in [-0.25, -0.2) is 4.39 Å². The molecule has 0 aliphatic rings.